The van der Waals surface area contributed by atoms with Crippen LogP contribution in [0, 0.1) is 5.82 Å². The summed E-state index contributed by atoms with van der Waals surface area (Å²) in [6, 6.07) is 2.14. The van der Waals surface area contributed by atoms with Gasteiger partial charge in [0.25, 0.3) is 0 Å². The molecule has 0 aromatic carbocycles. The maximum Gasteiger partial charge on any atom is 0.227 e. The van der Waals surface area contributed by atoms with Crippen molar-refractivity contribution < 1.29 is 9.13 Å². The Labute approximate surface area is 176 Å². The lowest BCUT2D eigenvalue weighted by Crippen LogP contribution is -2.48. The number of hydrogen-bond donors (Lipinski definition) is 0. The second-order valence-electron chi connectivity index (χ2n) is 8.34. The van der Waals surface area contributed by atoms with Gasteiger partial charge in [0.05, 0.1) is 18.9 Å². The van der Waals surface area contributed by atoms with Crippen LogP contribution in [-0.2, 0) is 4.74 Å². The molecule has 8 nitrogen and oxygen atoms in total. The minimum absolute atomic E-state index is 0.192. The summed E-state index contributed by atoms with van der Waals surface area (Å²) in [4.78, 5) is 24.2. The van der Waals surface area contributed by atoms with Crippen molar-refractivity contribution in [3.8, 4) is 0 Å². The minimum atomic E-state index is -0.242. The molecule has 160 valence electrons. The van der Waals surface area contributed by atoms with E-state index in [-0.39, 0.29) is 17.8 Å². The first-order valence-electron chi connectivity index (χ1n) is 10.8. The van der Waals surface area contributed by atoms with E-state index >= 15 is 4.39 Å². The highest BCUT2D eigenvalue weighted by Gasteiger charge is 2.33. The summed E-state index contributed by atoms with van der Waals surface area (Å²) in [6.07, 6.45) is 7.36. The molecule has 0 spiro atoms. The van der Waals surface area contributed by atoms with Crippen molar-refractivity contribution in [1.82, 2.24) is 19.9 Å². The first kappa shape index (κ1) is 19.4. The largest absolute Gasteiger partial charge is 0.378 e. The molecule has 3 fully saturated rings. The zero-order valence-electron chi connectivity index (χ0n) is 17.4. The van der Waals surface area contributed by atoms with Crippen molar-refractivity contribution in [2.75, 3.05) is 61.1 Å². The van der Waals surface area contributed by atoms with E-state index in [0.29, 0.717) is 24.0 Å². The van der Waals surface area contributed by atoms with E-state index in [0.717, 1.165) is 64.3 Å². The van der Waals surface area contributed by atoms with Crippen molar-refractivity contribution in [3.63, 3.8) is 0 Å². The molecule has 0 N–H and O–H groups in total. The van der Waals surface area contributed by atoms with Gasteiger partial charge in [0.2, 0.25) is 5.95 Å². The van der Waals surface area contributed by atoms with Crippen LogP contribution in [0.15, 0.2) is 18.6 Å². The van der Waals surface area contributed by atoms with Crippen LogP contribution in [0.2, 0.25) is 0 Å². The van der Waals surface area contributed by atoms with Gasteiger partial charge in [0, 0.05) is 51.4 Å². The lowest BCUT2D eigenvalue weighted by Gasteiger charge is -2.38. The molecule has 2 aromatic heterocycles. The Morgan fingerprint density at radius 2 is 1.90 bits per heavy atom. The van der Waals surface area contributed by atoms with Gasteiger partial charge in [-0.05, 0) is 31.7 Å². The Balaban J connectivity index is 1.32. The van der Waals surface area contributed by atoms with Gasteiger partial charge < -0.3 is 19.4 Å². The summed E-state index contributed by atoms with van der Waals surface area (Å²) in [5, 5.41) is 0. The zero-order valence-corrected chi connectivity index (χ0v) is 17.4. The number of rotatable bonds is 5. The number of anilines is 3. The highest BCUT2D eigenvalue weighted by atomic mass is 19.1. The number of halogens is 1. The van der Waals surface area contributed by atoms with Crippen LogP contribution in [-0.4, -0.2) is 72.4 Å². The Morgan fingerprint density at radius 1 is 1.07 bits per heavy atom. The quantitative estimate of drug-likeness (QED) is 0.739. The molecule has 0 bridgehead atoms. The number of hydrogen-bond acceptors (Lipinski definition) is 8. The molecule has 1 atom stereocenters. The molecule has 1 aliphatic carbocycles. The monoisotopic (exact) mass is 413 g/mol. The van der Waals surface area contributed by atoms with Gasteiger partial charge in [0.1, 0.15) is 12.1 Å². The van der Waals surface area contributed by atoms with Crippen LogP contribution in [0.4, 0.5) is 22.0 Å². The third kappa shape index (κ3) is 3.90. The molecule has 5 rings (SSSR count). The van der Waals surface area contributed by atoms with Crippen LogP contribution >= 0.6 is 0 Å². The van der Waals surface area contributed by atoms with Gasteiger partial charge >= 0.3 is 0 Å². The van der Waals surface area contributed by atoms with Crippen LogP contribution in [0.25, 0.3) is 0 Å². The lowest BCUT2D eigenvalue weighted by molar-refractivity contribution is 0.122. The Kier molecular flexibility index (Phi) is 5.37. The fraction of sp³-hybridized carbons (Fsp3) is 0.619. The zero-order chi connectivity index (χ0) is 20.5. The van der Waals surface area contributed by atoms with Crippen molar-refractivity contribution in [2.24, 2.45) is 0 Å². The lowest BCUT2D eigenvalue weighted by atomic mass is 10.0. The van der Waals surface area contributed by atoms with Crippen LogP contribution in [0.3, 0.4) is 0 Å². The molecule has 2 aromatic rings. The summed E-state index contributed by atoms with van der Waals surface area (Å²) < 4.78 is 20.5. The predicted octanol–water partition coefficient (Wildman–Crippen LogP) is 2.22. The molecule has 2 aliphatic heterocycles. The number of likely N-dealkylation sites (N-methyl/N-ethyl adjacent to an activating group) is 1. The Morgan fingerprint density at radius 3 is 2.70 bits per heavy atom. The molecule has 0 radical (unpaired) electrons. The van der Waals surface area contributed by atoms with Crippen LogP contribution < -0.4 is 14.7 Å². The SMILES string of the molecule is CN(c1nccc(N2CCOCC2)n1)C1CCCN(c2ncnc(C3CC3)c2F)C1. The van der Waals surface area contributed by atoms with Gasteiger partial charge in [-0.3, -0.25) is 0 Å². The van der Waals surface area contributed by atoms with Crippen molar-refractivity contribution >= 4 is 17.6 Å². The topological polar surface area (TPSA) is 70.5 Å². The van der Waals surface area contributed by atoms with E-state index in [2.05, 4.69) is 29.7 Å². The first-order valence-corrected chi connectivity index (χ1v) is 10.8. The molecule has 0 amide bonds. The summed E-state index contributed by atoms with van der Waals surface area (Å²) >= 11 is 0. The molecule has 3 aliphatic rings. The molecule has 9 heteroatoms. The molecular formula is C21H28FN7O. The van der Waals surface area contributed by atoms with Gasteiger partial charge in [0.15, 0.2) is 11.6 Å². The fourth-order valence-electron chi connectivity index (χ4n) is 4.34. The van der Waals surface area contributed by atoms with E-state index < -0.39 is 0 Å². The van der Waals surface area contributed by atoms with Crippen LogP contribution in [0.5, 0.6) is 0 Å². The van der Waals surface area contributed by atoms with Crippen LogP contribution in [0.1, 0.15) is 37.3 Å². The minimum Gasteiger partial charge on any atom is -0.378 e. The molecule has 2 saturated heterocycles. The van der Waals surface area contributed by atoms with E-state index in [4.69, 9.17) is 9.72 Å². The van der Waals surface area contributed by atoms with Gasteiger partial charge in [-0.15, -0.1) is 0 Å². The molecule has 1 unspecified atom stereocenters. The van der Waals surface area contributed by atoms with E-state index in [1.807, 2.05) is 19.3 Å². The molecule has 1 saturated carbocycles. The maximum absolute atomic E-state index is 15.0. The number of nitrogens with zero attached hydrogens (tertiary/aromatic N) is 7. The highest BCUT2D eigenvalue weighted by Crippen LogP contribution is 2.41. The third-order valence-corrected chi connectivity index (χ3v) is 6.28. The maximum atomic E-state index is 15.0. The second kappa shape index (κ2) is 8.29. The smallest absolute Gasteiger partial charge is 0.227 e. The molecule has 4 heterocycles. The standard InChI is InChI=1S/C21H28FN7O/c1-27(21-23-7-6-17(26-21)28-9-11-30-12-10-28)16-3-2-8-29(13-16)20-18(22)19(15-4-5-15)24-14-25-20/h6-7,14-16H,2-5,8-13H2,1H3. The number of morpholine rings is 1. The number of aromatic nitrogens is 4. The average Bonchev–Trinajstić information content (AvgIpc) is 3.65. The van der Waals surface area contributed by atoms with E-state index in [9.17, 15) is 0 Å². The predicted molar refractivity (Wildman–Crippen MR) is 113 cm³/mol. The summed E-state index contributed by atoms with van der Waals surface area (Å²) in [6.45, 7) is 4.62. The van der Waals surface area contributed by atoms with Gasteiger partial charge in [-0.25, -0.2) is 19.3 Å². The van der Waals surface area contributed by atoms with E-state index in [1.54, 1.807) is 0 Å². The highest BCUT2D eigenvalue weighted by molar-refractivity contribution is 5.47. The third-order valence-electron chi connectivity index (χ3n) is 6.28. The van der Waals surface area contributed by atoms with Crippen molar-refractivity contribution in [1.29, 1.82) is 0 Å². The average molecular weight is 414 g/mol. The number of piperidine rings is 1. The second-order valence-corrected chi connectivity index (χ2v) is 8.34. The van der Waals surface area contributed by atoms with Crippen molar-refractivity contribution in [3.05, 3.63) is 30.1 Å². The Hall–Kier alpha value is -2.55. The van der Waals surface area contributed by atoms with Gasteiger partial charge in [-0.1, -0.05) is 0 Å². The van der Waals surface area contributed by atoms with Crippen molar-refractivity contribution in [2.45, 2.75) is 37.6 Å². The number of ether oxygens (including phenoxy) is 1. The fourth-order valence-corrected chi connectivity index (χ4v) is 4.34. The van der Waals surface area contributed by atoms with Gasteiger partial charge in [-0.2, -0.15) is 4.98 Å². The molecular weight excluding hydrogens is 385 g/mol. The normalized spacial score (nSPS) is 22.3. The first-order chi connectivity index (χ1) is 14.7. The van der Waals surface area contributed by atoms with E-state index in [1.165, 1.54) is 6.33 Å². The summed E-state index contributed by atoms with van der Waals surface area (Å²) in [5.41, 5.74) is 0.581. The summed E-state index contributed by atoms with van der Waals surface area (Å²) in [7, 11) is 2.03. The Bertz CT molecular complexity index is 887. The molecule has 30 heavy (non-hydrogen) atoms. The summed E-state index contributed by atoms with van der Waals surface area (Å²) in [5.74, 6) is 2.10.